The van der Waals surface area contributed by atoms with E-state index >= 15 is 0 Å². The summed E-state index contributed by atoms with van der Waals surface area (Å²) in [5, 5.41) is 35.1. The number of carbonyl (C=O) groups is 1. The summed E-state index contributed by atoms with van der Waals surface area (Å²) >= 11 is 0.731. The number of amides is 2. The first-order valence-corrected chi connectivity index (χ1v) is 14.4. The van der Waals surface area contributed by atoms with Crippen molar-refractivity contribution in [3.63, 3.8) is 0 Å². The molecular weight excluding hydrogens is 630 g/mol. The molecule has 0 radical (unpaired) electrons. The number of urea groups is 1. The smallest absolute Gasteiger partial charge is 0.744 e. The van der Waals surface area contributed by atoms with Crippen LogP contribution in [0.3, 0.4) is 0 Å². The van der Waals surface area contributed by atoms with Crippen LogP contribution in [0.4, 0.5) is 38.9 Å². The van der Waals surface area contributed by atoms with Crippen molar-refractivity contribution >= 4 is 62.3 Å². The fraction of sp³-hybridized carbons (Fsp3) is 0.0741. The molecule has 0 spiro atoms. The van der Waals surface area contributed by atoms with Crippen molar-refractivity contribution in [1.82, 2.24) is 0 Å². The summed E-state index contributed by atoms with van der Waals surface area (Å²) < 4.78 is 48.8. The number of benzene rings is 4. The van der Waals surface area contributed by atoms with Crippen molar-refractivity contribution in [3.05, 3.63) is 84.9 Å². The number of ether oxygens (including phenoxy) is 2. The zero-order valence-electron chi connectivity index (χ0n) is 24.9. The molecule has 19 heteroatoms. The first-order chi connectivity index (χ1) is 21.2. The SMILES string of the molecule is COc1cc(N=Nc2cccc(SOO[O-])c2)ccc1NC(=O)Nc1ccc(N=Nc2cccc(S(=O)(=O)[O-])c2)cc1OC.[Li+].[Li+]. The molecule has 4 rings (SSSR count). The summed E-state index contributed by atoms with van der Waals surface area (Å²) in [6, 6.07) is 20.7. The zero-order valence-corrected chi connectivity index (χ0v) is 26.5. The van der Waals surface area contributed by atoms with E-state index in [-0.39, 0.29) is 49.2 Å². The molecule has 2 amide bonds. The second-order valence-corrected chi connectivity index (χ2v) is 10.6. The molecule has 0 aliphatic rings. The quantitative estimate of drug-likeness (QED) is 0.0535. The molecule has 0 aromatic heterocycles. The van der Waals surface area contributed by atoms with E-state index in [4.69, 9.17) is 9.47 Å². The van der Waals surface area contributed by atoms with Crippen LogP contribution < -0.4 is 63.1 Å². The van der Waals surface area contributed by atoms with Gasteiger partial charge < -0.3 is 29.9 Å². The van der Waals surface area contributed by atoms with Crippen molar-refractivity contribution in [2.45, 2.75) is 9.79 Å². The summed E-state index contributed by atoms with van der Waals surface area (Å²) in [5.74, 6) is 0.586. The van der Waals surface area contributed by atoms with Crippen molar-refractivity contribution in [3.8, 4) is 11.5 Å². The van der Waals surface area contributed by atoms with Gasteiger partial charge in [-0.15, -0.1) is 0 Å². The number of anilines is 2. The molecule has 228 valence electrons. The van der Waals surface area contributed by atoms with Gasteiger partial charge in [0.2, 0.25) is 0 Å². The molecule has 0 saturated heterocycles. The van der Waals surface area contributed by atoms with Crippen LogP contribution in [0.1, 0.15) is 0 Å². The van der Waals surface area contributed by atoms with Gasteiger partial charge in [-0.3, -0.25) is 5.04 Å². The zero-order chi connectivity index (χ0) is 31.5. The van der Waals surface area contributed by atoms with E-state index in [1.165, 1.54) is 38.5 Å². The van der Waals surface area contributed by atoms with Crippen LogP contribution in [0.25, 0.3) is 0 Å². The molecular formula is C27H22Li2N6O9S2. The molecule has 0 unspecified atom stereocenters. The van der Waals surface area contributed by atoms with Gasteiger partial charge in [-0.25, -0.2) is 13.2 Å². The minimum absolute atomic E-state index is 0. The van der Waals surface area contributed by atoms with Gasteiger partial charge in [-0.2, -0.15) is 24.8 Å². The predicted octanol–water partition coefficient (Wildman–Crippen LogP) is 0.321. The molecule has 0 fully saturated rings. The van der Waals surface area contributed by atoms with Gasteiger partial charge >= 0.3 is 43.8 Å². The summed E-state index contributed by atoms with van der Waals surface area (Å²) in [7, 11) is -1.79. The van der Waals surface area contributed by atoms with Crippen LogP contribution in [0.15, 0.2) is 115 Å². The maximum Gasteiger partial charge on any atom is 1.00 e. The maximum absolute atomic E-state index is 12.8. The number of nitrogens with zero attached hydrogens (tertiary/aromatic N) is 4. The fourth-order valence-corrected chi connectivity index (χ4v) is 4.47. The molecule has 0 heterocycles. The van der Waals surface area contributed by atoms with Crippen LogP contribution in [-0.4, -0.2) is 33.2 Å². The van der Waals surface area contributed by atoms with Crippen LogP contribution >= 0.6 is 12.0 Å². The predicted molar refractivity (Wildman–Crippen MR) is 156 cm³/mol. The Morgan fingerprint density at radius 2 is 1.20 bits per heavy atom. The Labute approximate surface area is 292 Å². The second kappa shape index (κ2) is 18.4. The van der Waals surface area contributed by atoms with Gasteiger partial charge in [0, 0.05) is 17.0 Å². The normalized spacial score (nSPS) is 11.0. The van der Waals surface area contributed by atoms with E-state index in [0.29, 0.717) is 39.1 Å². The van der Waals surface area contributed by atoms with Gasteiger partial charge in [-0.1, -0.05) is 12.1 Å². The van der Waals surface area contributed by atoms with Crippen molar-refractivity contribution in [2.24, 2.45) is 20.5 Å². The van der Waals surface area contributed by atoms with Gasteiger partial charge in [0.05, 0.1) is 65.3 Å². The molecule has 0 atom stereocenters. The Hall–Kier alpha value is -3.72. The van der Waals surface area contributed by atoms with E-state index < -0.39 is 21.0 Å². The molecule has 46 heavy (non-hydrogen) atoms. The summed E-state index contributed by atoms with van der Waals surface area (Å²) in [4.78, 5) is 13.0. The maximum atomic E-state index is 12.8. The van der Waals surface area contributed by atoms with Gasteiger partial charge in [-0.05, 0) is 60.7 Å². The average molecular weight is 653 g/mol. The molecule has 0 aliphatic carbocycles. The average Bonchev–Trinajstić information content (AvgIpc) is 3.02. The Bertz CT molecular complexity index is 1810. The topological polar surface area (TPSA) is 208 Å². The minimum Gasteiger partial charge on any atom is -0.744 e. The summed E-state index contributed by atoms with van der Waals surface area (Å²) in [6.07, 6.45) is 0. The molecule has 2 N–H and O–H groups in total. The standard InChI is InChI=1S/C27H24N6O9S2.2Li/c1-39-25-15-19(32-30-17-5-3-7-21(13-17)43-42-41-35)9-11-23(25)28-27(34)29-24-12-10-20(16-26(24)40-2)33-31-18-6-4-8-22(14-18)44(36,37)38;;/h3-16,35H,1-2H3,(H2,28,29,34)(H,36,37,38);;/q;2*+1/p-2. The van der Waals surface area contributed by atoms with Crippen molar-refractivity contribution in [2.75, 3.05) is 24.9 Å². The van der Waals surface area contributed by atoms with Crippen molar-refractivity contribution in [1.29, 1.82) is 0 Å². The Morgan fingerprint density at radius 1 is 0.717 bits per heavy atom. The molecule has 15 nitrogen and oxygen atoms in total. The molecule has 0 aliphatic heterocycles. The number of azo groups is 2. The van der Waals surface area contributed by atoms with E-state index in [1.807, 2.05) is 0 Å². The van der Waals surface area contributed by atoms with Crippen LogP contribution in [0.5, 0.6) is 11.5 Å². The van der Waals surface area contributed by atoms with E-state index in [9.17, 15) is 23.0 Å². The van der Waals surface area contributed by atoms with Crippen molar-refractivity contribution < 1.29 is 79.6 Å². The molecule has 4 aromatic carbocycles. The van der Waals surface area contributed by atoms with E-state index in [2.05, 4.69) is 40.5 Å². The van der Waals surface area contributed by atoms with Gasteiger partial charge in [0.15, 0.2) is 0 Å². The van der Waals surface area contributed by atoms with Crippen LogP contribution in [0, 0.1) is 0 Å². The van der Waals surface area contributed by atoms with Gasteiger partial charge in [0.25, 0.3) is 0 Å². The monoisotopic (exact) mass is 652 g/mol. The third kappa shape index (κ3) is 11.3. The number of hydrogen-bond acceptors (Lipinski definition) is 14. The third-order valence-electron chi connectivity index (χ3n) is 5.51. The van der Waals surface area contributed by atoms with E-state index in [0.717, 1.165) is 18.1 Å². The van der Waals surface area contributed by atoms with Crippen LogP contribution in [0.2, 0.25) is 0 Å². The Morgan fingerprint density at radius 3 is 1.67 bits per heavy atom. The second-order valence-electron chi connectivity index (χ2n) is 8.42. The van der Waals surface area contributed by atoms with Crippen LogP contribution in [-0.2, 0) is 19.5 Å². The minimum atomic E-state index is -4.63. The van der Waals surface area contributed by atoms with Gasteiger partial charge in [0.1, 0.15) is 21.6 Å². The molecule has 4 aromatic rings. The molecule has 0 saturated carbocycles. The summed E-state index contributed by atoms with van der Waals surface area (Å²) in [5.41, 5.74) is 2.11. The Balaban J connectivity index is 0.00000368. The number of hydrogen-bond donors (Lipinski definition) is 2. The summed E-state index contributed by atoms with van der Waals surface area (Å²) in [6.45, 7) is 0. The van der Waals surface area contributed by atoms with E-state index in [1.54, 1.807) is 54.6 Å². The third-order valence-corrected chi connectivity index (χ3v) is 6.91. The number of methoxy groups -OCH3 is 2. The number of rotatable bonds is 12. The Kier molecular flexibility index (Phi) is 15.4. The molecule has 0 bridgehead atoms. The first kappa shape index (κ1) is 38.5. The number of carbonyl (C=O) groups excluding carboxylic acids is 1. The largest absolute Gasteiger partial charge is 1.00 e. The first-order valence-electron chi connectivity index (χ1n) is 12.3. The number of nitrogens with one attached hydrogen (secondary N) is 2. The fourth-order valence-electron chi connectivity index (χ4n) is 3.55.